The van der Waals surface area contributed by atoms with Gasteiger partial charge in [0.2, 0.25) is 0 Å². The normalized spacial score (nSPS) is 10.1. The Kier molecular flexibility index (Phi) is 26.4. The molecule has 0 aromatic rings. The smallest absolute Gasteiger partial charge is 0.344 e. The summed E-state index contributed by atoms with van der Waals surface area (Å²) in [6.07, 6.45) is 0. The van der Waals surface area contributed by atoms with Crippen LogP contribution in [0.5, 0.6) is 0 Å². The van der Waals surface area contributed by atoms with Crippen molar-refractivity contribution in [2.45, 2.75) is 0 Å². The van der Waals surface area contributed by atoms with Gasteiger partial charge in [0.1, 0.15) is 13.2 Å². The van der Waals surface area contributed by atoms with E-state index in [1.807, 2.05) is 0 Å². The van der Waals surface area contributed by atoms with E-state index in [0.29, 0.717) is 39.6 Å². The minimum absolute atomic E-state index is 0.0372. The molecule has 4 N–H and O–H groups in total. The lowest BCUT2D eigenvalue weighted by Crippen LogP contribution is -2.20. The molecule has 0 atom stereocenters. The van der Waals surface area contributed by atoms with E-state index in [-0.39, 0.29) is 39.6 Å². The molecule has 0 aromatic carbocycles. The Labute approximate surface area is 163 Å². The fourth-order valence-corrected chi connectivity index (χ4v) is 1.28. The number of esters is 2. The summed E-state index contributed by atoms with van der Waals surface area (Å²) in [7, 11) is 0. The third-order valence-corrected chi connectivity index (χ3v) is 2.42. The van der Waals surface area contributed by atoms with E-state index in [1.54, 1.807) is 0 Å². The summed E-state index contributed by atoms with van der Waals surface area (Å²) >= 11 is 0. The van der Waals surface area contributed by atoms with Gasteiger partial charge in [-0.25, -0.2) is 9.59 Å². The maximum Gasteiger partial charge on any atom is 0.344 e. The van der Waals surface area contributed by atoms with Gasteiger partial charge in [0, 0.05) is 0 Å². The van der Waals surface area contributed by atoms with Crippen LogP contribution < -0.4 is 0 Å². The molecule has 0 aromatic heterocycles. The molecule has 12 nitrogen and oxygen atoms in total. The zero-order valence-electron chi connectivity index (χ0n) is 16.0. The Hall–Kier alpha value is -1.38. The number of aliphatic hydroxyl groups is 4. The van der Waals surface area contributed by atoms with Crippen LogP contribution in [0, 0.1) is 0 Å². The zero-order valence-corrected chi connectivity index (χ0v) is 16.0. The van der Waals surface area contributed by atoms with Crippen molar-refractivity contribution < 1.29 is 58.4 Å². The highest BCUT2D eigenvalue weighted by molar-refractivity contribution is 5.76. The molecule has 0 spiro atoms. The van der Waals surface area contributed by atoms with Crippen molar-refractivity contribution in [1.29, 1.82) is 0 Å². The minimum Gasteiger partial charge on any atom is -0.461 e. The summed E-state index contributed by atoms with van der Waals surface area (Å²) < 4.78 is 28.7. The molecular weight excluding hydrogens is 384 g/mol. The molecule has 0 unspecified atom stereocenters. The number of rotatable bonds is 18. The van der Waals surface area contributed by atoms with Crippen molar-refractivity contribution in [3.8, 4) is 0 Å². The summed E-state index contributed by atoms with van der Waals surface area (Å²) in [6, 6.07) is 0. The first-order valence-corrected chi connectivity index (χ1v) is 8.68. The first kappa shape index (κ1) is 28.8. The highest BCUT2D eigenvalue weighted by Crippen LogP contribution is 1.85. The van der Waals surface area contributed by atoms with E-state index >= 15 is 0 Å². The lowest BCUT2D eigenvalue weighted by atomic mass is 10.6. The highest BCUT2D eigenvalue weighted by Gasteiger charge is 2.06. The van der Waals surface area contributed by atoms with Crippen LogP contribution >= 0.6 is 0 Å². The Bertz CT molecular complexity index is 332. The van der Waals surface area contributed by atoms with Crippen LogP contribution in [0.4, 0.5) is 0 Å². The van der Waals surface area contributed by atoms with E-state index in [4.69, 9.17) is 39.4 Å². The quantitative estimate of drug-likeness (QED) is 0.133. The second-order valence-corrected chi connectivity index (χ2v) is 4.66. The highest BCUT2D eigenvalue weighted by atomic mass is 16.6. The Balaban J connectivity index is 0. The van der Waals surface area contributed by atoms with Crippen LogP contribution in [0.1, 0.15) is 0 Å². The Morgan fingerprint density at radius 3 is 1.29 bits per heavy atom. The lowest BCUT2D eigenvalue weighted by molar-refractivity contribution is -0.161. The number of hydrogen-bond acceptors (Lipinski definition) is 12. The van der Waals surface area contributed by atoms with Crippen LogP contribution in [-0.4, -0.2) is 125 Å². The van der Waals surface area contributed by atoms with Crippen molar-refractivity contribution in [3.05, 3.63) is 0 Å². The predicted molar refractivity (Wildman–Crippen MR) is 93.5 cm³/mol. The largest absolute Gasteiger partial charge is 0.461 e. The average Bonchev–Trinajstić information content (AvgIpc) is 2.71. The van der Waals surface area contributed by atoms with E-state index in [0.717, 1.165) is 0 Å². The summed E-state index contributed by atoms with van der Waals surface area (Å²) in [5, 5.41) is 33.2. The lowest BCUT2D eigenvalue weighted by Gasteiger charge is -2.06. The summed E-state index contributed by atoms with van der Waals surface area (Å²) in [5.41, 5.74) is 0. The first-order chi connectivity index (χ1) is 13.6. The maximum atomic E-state index is 10.9. The van der Waals surface area contributed by atoms with Crippen LogP contribution in [0.15, 0.2) is 0 Å². The van der Waals surface area contributed by atoms with Gasteiger partial charge in [-0.05, 0) is 0 Å². The molecule has 12 heteroatoms. The molecular formula is C16H32O12. The van der Waals surface area contributed by atoms with E-state index in [1.165, 1.54) is 0 Å². The predicted octanol–water partition coefficient (Wildman–Crippen LogP) is -2.91. The molecule has 0 saturated carbocycles. The monoisotopic (exact) mass is 416 g/mol. The molecule has 0 aliphatic rings. The summed E-state index contributed by atoms with van der Waals surface area (Å²) in [4.78, 5) is 21.4. The summed E-state index contributed by atoms with van der Waals surface area (Å²) in [6.45, 7) is 1.56. The number of carbonyl (C=O) groups excluding carboxylic acids is 2. The molecule has 0 saturated heterocycles. The van der Waals surface area contributed by atoms with Crippen LogP contribution in [-0.2, 0) is 38.0 Å². The molecule has 0 aliphatic heterocycles. The van der Waals surface area contributed by atoms with Crippen molar-refractivity contribution in [1.82, 2.24) is 0 Å². The Morgan fingerprint density at radius 2 is 0.893 bits per heavy atom. The second kappa shape index (κ2) is 25.6. The molecule has 0 bridgehead atoms. The van der Waals surface area contributed by atoms with Gasteiger partial charge in [0.05, 0.1) is 72.7 Å². The fourth-order valence-electron chi connectivity index (χ4n) is 1.28. The van der Waals surface area contributed by atoms with Crippen LogP contribution in [0.2, 0.25) is 0 Å². The first-order valence-electron chi connectivity index (χ1n) is 8.68. The van der Waals surface area contributed by atoms with Gasteiger partial charge in [0.25, 0.3) is 0 Å². The molecule has 0 fully saturated rings. The van der Waals surface area contributed by atoms with Crippen LogP contribution in [0.3, 0.4) is 0 Å². The molecule has 0 rings (SSSR count). The number of aliphatic hydroxyl groups excluding tert-OH is 4. The van der Waals surface area contributed by atoms with Gasteiger partial charge >= 0.3 is 11.9 Å². The second-order valence-electron chi connectivity index (χ2n) is 4.66. The van der Waals surface area contributed by atoms with Gasteiger partial charge in [-0.1, -0.05) is 0 Å². The molecule has 0 amide bonds. The van der Waals surface area contributed by atoms with Gasteiger partial charge in [-0.2, -0.15) is 0 Å². The standard InChI is InChI=1S/C10H18O8.C6H14O4/c11-1-2-15-3-4-16-5-6-17-10(14)8-18-9(13)7-12;7-1-3-9-5-6-10-4-2-8/h11-12H,1-8H2;7-8H,1-6H2. The third kappa shape index (κ3) is 26.8. The molecule has 168 valence electrons. The fraction of sp³-hybridized carbons (Fsp3) is 0.875. The zero-order chi connectivity index (χ0) is 21.3. The average molecular weight is 416 g/mol. The van der Waals surface area contributed by atoms with Crippen molar-refractivity contribution in [3.63, 3.8) is 0 Å². The van der Waals surface area contributed by atoms with E-state index in [9.17, 15) is 9.59 Å². The minimum atomic E-state index is -0.885. The van der Waals surface area contributed by atoms with Crippen molar-refractivity contribution in [2.75, 3.05) is 92.5 Å². The molecule has 0 aliphatic carbocycles. The third-order valence-electron chi connectivity index (χ3n) is 2.42. The number of hydrogen-bond donors (Lipinski definition) is 4. The van der Waals surface area contributed by atoms with Gasteiger partial charge in [-0.15, -0.1) is 0 Å². The van der Waals surface area contributed by atoms with E-state index < -0.39 is 25.2 Å². The van der Waals surface area contributed by atoms with Crippen molar-refractivity contribution in [2.24, 2.45) is 0 Å². The maximum absolute atomic E-state index is 10.9. The van der Waals surface area contributed by atoms with Gasteiger partial charge in [0.15, 0.2) is 6.61 Å². The molecule has 0 heterocycles. The SMILES string of the molecule is O=C(CO)OCC(=O)OCCOCCOCCO.OCCOCCOCCO. The van der Waals surface area contributed by atoms with Gasteiger partial charge in [-0.3, -0.25) is 0 Å². The van der Waals surface area contributed by atoms with Crippen molar-refractivity contribution >= 4 is 11.9 Å². The number of ether oxygens (including phenoxy) is 6. The molecule has 0 radical (unpaired) electrons. The topological polar surface area (TPSA) is 170 Å². The van der Waals surface area contributed by atoms with Gasteiger partial charge < -0.3 is 48.8 Å². The Morgan fingerprint density at radius 1 is 0.500 bits per heavy atom. The van der Waals surface area contributed by atoms with Crippen LogP contribution in [0.25, 0.3) is 0 Å². The summed E-state index contributed by atoms with van der Waals surface area (Å²) in [5.74, 6) is -1.60. The van der Waals surface area contributed by atoms with E-state index in [2.05, 4.69) is 9.47 Å². The number of carbonyl (C=O) groups is 2. The molecule has 28 heavy (non-hydrogen) atoms.